The van der Waals surface area contributed by atoms with Crippen molar-refractivity contribution in [2.75, 3.05) is 24.7 Å². The molecular weight excluding hydrogens is 240 g/mol. The van der Waals surface area contributed by atoms with Gasteiger partial charge < -0.3 is 26.4 Å². The first-order chi connectivity index (χ1) is 8.61. The van der Waals surface area contributed by atoms with Crippen molar-refractivity contribution in [3.05, 3.63) is 6.33 Å². The number of anilines is 2. The van der Waals surface area contributed by atoms with Crippen LogP contribution in [0.1, 0.15) is 0 Å². The Morgan fingerprint density at radius 3 is 2.89 bits per heavy atom. The van der Waals surface area contributed by atoms with Gasteiger partial charge in [0.2, 0.25) is 5.95 Å². The number of nitrogens with zero attached hydrogens (tertiary/aromatic N) is 4. The number of imidazole rings is 1. The molecule has 1 atom stereocenters. The summed E-state index contributed by atoms with van der Waals surface area (Å²) in [7, 11) is 0. The van der Waals surface area contributed by atoms with E-state index in [2.05, 4.69) is 15.0 Å². The van der Waals surface area contributed by atoms with Gasteiger partial charge in [-0.25, -0.2) is 4.98 Å². The molecule has 0 aliphatic carbocycles. The summed E-state index contributed by atoms with van der Waals surface area (Å²) in [5.41, 5.74) is 12.0. The van der Waals surface area contributed by atoms with Gasteiger partial charge in [0.05, 0.1) is 19.5 Å². The van der Waals surface area contributed by atoms with Crippen LogP contribution in [0.25, 0.3) is 11.2 Å². The van der Waals surface area contributed by atoms with Gasteiger partial charge in [0.1, 0.15) is 18.4 Å². The Hall–Kier alpha value is -1.97. The maximum atomic E-state index is 9.12. The fraction of sp³-hybridized carbons (Fsp3) is 0.444. The Kier molecular flexibility index (Phi) is 3.55. The highest BCUT2D eigenvalue weighted by Gasteiger charge is 2.10. The van der Waals surface area contributed by atoms with Gasteiger partial charge in [-0.2, -0.15) is 9.97 Å². The number of nitrogens with two attached hydrogens (primary N) is 2. The first-order valence-electron chi connectivity index (χ1n) is 5.22. The van der Waals surface area contributed by atoms with E-state index in [0.717, 1.165) is 0 Å². The van der Waals surface area contributed by atoms with Crippen molar-refractivity contribution in [2.45, 2.75) is 12.8 Å². The van der Waals surface area contributed by atoms with Crippen molar-refractivity contribution in [2.24, 2.45) is 0 Å². The zero-order chi connectivity index (χ0) is 13.1. The summed E-state index contributed by atoms with van der Waals surface area (Å²) < 4.78 is 6.77. The normalized spacial score (nSPS) is 13.0. The summed E-state index contributed by atoms with van der Waals surface area (Å²) in [4.78, 5) is 11.8. The number of nitrogen functional groups attached to an aromatic ring is 2. The number of aromatic nitrogens is 4. The standard InChI is InChI=1S/C9H14N6O3/c10-7-6-8(14-9(11)13-7)15(3-12-6)4-18-2-5(17)1-16/h3,5,16-17H,1-2,4H2,(H4,10,11,13,14). The predicted octanol–water partition coefficient (Wildman–Crippen LogP) is -1.68. The molecule has 98 valence electrons. The van der Waals surface area contributed by atoms with E-state index in [1.54, 1.807) is 4.57 Å². The lowest BCUT2D eigenvalue weighted by atomic mass is 10.4. The number of fused-ring (bicyclic) bond motifs is 1. The Balaban J connectivity index is 2.14. The minimum Gasteiger partial charge on any atom is -0.394 e. The second-order valence-electron chi connectivity index (χ2n) is 3.69. The fourth-order valence-electron chi connectivity index (χ4n) is 1.42. The molecule has 0 saturated carbocycles. The summed E-state index contributed by atoms with van der Waals surface area (Å²) in [6, 6.07) is 0. The second-order valence-corrected chi connectivity index (χ2v) is 3.69. The summed E-state index contributed by atoms with van der Waals surface area (Å²) in [5, 5.41) is 17.8. The van der Waals surface area contributed by atoms with Crippen molar-refractivity contribution in [3.8, 4) is 0 Å². The topological polar surface area (TPSA) is 145 Å². The number of aliphatic hydroxyl groups excluding tert-OH is 2. The van der Waals surface area contributed by atoms with Crippen LogP contribution in [-0.4, -0.2) is 49.0 Å². The van der Waals surface area contributed by atoms with E-state index in [-0.39, 0.29) is 31.7 Å². The molecule has 2 rings (SSSR count). The molecule has 0 aromatic carbocycles. The smallest absolute Gasteiger partial charge is 0.224 e. The predicted molar refractivity (Wildman–Crippen MR) is 63.2 cm³/mol. The molecule has 0 fully saturated rings. The van der Waals surface area contributed by atoms with E-state index in [1.807, 2.05) is 0 Å². The lowest BCUT2D eigenvalue weighted by Crippen LogP contribution is -2.20. The number of aliphatic hydroxyl groups is 2. The molecule has 0 aliphatic rings. The molecule has 18 heavy (non-hydrogen) atoms. The van der Waals surface area contributed by atoms with Crippen molar-refractivity contribution in [1.82, 2.24) is 19.5 Å². The molecule has 0 spiro atoms. The molecule has 0 radical (unpaired) electrons. The number of hydrogen-bond acceptors (Lipinski definition) is 8. The minimum absolute atomic E-state index is 0.00617. The highest BCUT2D eigenvalue weighted by Crippen LogP contribution is 2.16. The van der Waals surface area contributed by atoms with Gasteiger partial charge in [-0.1, -0.05) is 0 Å². The quantitative estimate of drug-likeness (QED) is 0.495. The molecule has 0 saturated heterocycles. The van der Waals surface area contributed by atoms with Crippen LogP contribution in [-0.2, 0) is 11.5 Å². The third kappa shape index (κ3) is 2.47. The van der Waals surface area contributed by atoms with Crippen LogP contribution in [0.3, 0.4) is 0 Å². The monoisotopic (exact) mass is 254 g/mol. The molecular formula is C9H14N6O3. The maximum Gasteiger partial charge on any atom is 0.224 e. The van der Waals surface area contributed by atoms with Crippen LogP contribution in [0.2, 0.25) is 0 Å². The van der Waals surface area contributed by atoms with Crippen molar-refractivity contribution in [3.63, 3.8) is 0 Å². The van der Waals surface area contributed by atoms with Gasteiger partial charge in [0.25, 0.3) is 0 Å². The molecule has 2 aromatic heterocycles. The Labute approximate surface area is 102 Å². The summed E-state index contributed by atoms with van der Waals surface area (Å²) >= 11 is 0. The zero-order valence-electron chi connectivity index (χ0n) is 9.52. The summed E-state index contributed by atoms with van der Waals surface area (Å²) in [6.45, 7) is -0.234. The number of rotatable bonds is 5. The Bertz CT molecular complexity index is 542. The van der Waals surface area contributed by atoms with E-state index in [9.17, 15) is 0 Å². The van der Waals surface area contributed by atoms with Gasteiger partial charge in [-0.3, -0.25) is 4.57 Å². The second kappa shape index (κ2) is 5.12. The van der Waals surface area contributed by atoms with Crippen LogP contribution < -0.4 is 11.5 Å². The molecule has 0 bridgehead atoms. The lowest BCUT2D eigenvalue weighted by molar-refractivity contribution is -0.0163. The van der Waals surface area contributed by atoms with Crippen LogP contribution in [0.4, 0.5) is 11.8 Å². The number of hydrogen-bond donors (Lipinski definition) is 4. The third-order valence-electron chi connectivity index (χ3n) is 2.26. The molecule has 0 amide bonds. The van der Waals surface area contributed by atoms with E-state index >= 15 is 0 Å². The first-order valence-corrected chi connectivity index (χ1v) is 5.22. The van der Waals surface area contributed by atoms with Gasteiger partial charge in [-0.05, 0) is 0 Å². The summed E-state index contributed by atoms with van der Waals surface area (Å²) in [6.07, 6.45) is 0.574. The van der Waals surface area contributed by atoms with E-state index < -0.39 is 6.10 Å². The van der Waals surface area contributed by atoms with Crippen molar-refractivity contribution in [1.29, 1.82) is 0 Å². The Morgan fingerprint density at radius 1 is 1.39 bits per heavy atom. The van der Waals surface area contributed by atoms with Crippen LogP contribution in [0, 0.1) is 0 Å². The van der Waals surface area contributed by atoms with Crippen LogP contribution >= 0.6 is 0 Å². The van der Waals surface area contributed by atoms with Gasteiger partial charge >= 0.3 is 0 Å². The largest absolute Gasteiger partial charge is 0.394 e. The molecule has 0 aliphatic heterocycles. The molecule has 9 heteroatoms. The SMILES string of the molecule is Nc1nc(N)c2ncn(COCC(O)CO)c2n1. The average Bonchev–Trinajstić information content (AvgIpc) is 2.72. The molecule has 2 heterocycles. The maximum absolute atomic E-state index is 9.12. The van der Waals surface area contributed by atoms with E-state index in [0.29, 0.717) is 11.2 Å². The zero-order valence-corrected chi connectivity index (χ0v) is 9.52. The van der Waals surface area contributed by atoms with Crippen molar-refractivity contribution < 1.29 is 14.9 Å². The fourth-order valence-corrected chi connectivity index (χ4v) is 1.42. The highest BCUT2D eigenvalue weighted by atomic mass is 16.5. The minimum atomic E-state index is -0.912. The molecule has 9 nitrogen and oxygen atoms in total. The lowest BCUT2D eigenvalue weighted by Gasteiger charge is -2.09. The van der Waals surface area contributed by atoms with Gasteiger partial charge in [-0.15, -0.1) is 0 Å². The molecule has 6 N–H and O–H groups in total. The average molecular weight is 254 g/mol. The van der Waals surface area contributed by atoms with Crippen LogP contribution in [0.5, 0.6) is 0 Å². The molecule has 2 aromatic rings. The summed E-state index contributed by atoms with van der Waals surface area (Å²) in [5.74, 6) is 0.254. The Morgan fingerprint density at radius 2 is 2.17 bits per heavy atom. The van der Waals surface area contributed by atoms with E-state index in [4.69, 9.17) is 26.4 Å². The highest BCUT2D eigenvalue weighted by molar-refractivity contribution is 5.82. The number of ether oxygens (including phenoxy) is 1. The third-order valence-corrected chi connectivity index (χ3v) is 2.26. The first kappa shape index (κ1) is 12.5. The molecule has 1 unspecified atom stereocenters. The van der Waals surface area contributed by atoms with Crippen molar-refractivity contribution >= 4 is 22.9 Å². The van der Waals surface area contributed by atoms with E-state index in [1.165, 1.54) is 6.33 Å². The van der Waals surface area contributed by atoms with Gasteiger partial charge in [0, 0.05) is 0 Å². The van der Waals surface area contributed by atoms with Gasteiger partial charge in [0.15, 0.2) is 11.5 Å². The van der Waals surface area contributed by atoms with Crippen LogP contribution in [0.15, 0.2) is 6.33 Å².